The first-order chi connectivity index (χ1) is 11.4. The number of carbonyl (C=O) groups is 2. The van der Waals surface area contributed by atoms with E-state index in [0.29, 0.717) is 10.2 Å². The number of nitrogens with zero attached hydrogens (tertiary/aromatic N) is 1. The Morgan fingerprint density at radius 2 is 2.00 bits per heavy atom. The van der Waals surface area contributed by atoms with Crippen LogP contribution in [0.15, 0.2) is 34.9 Å². The number of benzene rings is 1. The monoisotopic (exact) mass is 445 g/mol. The number of aromatic nitrogens is 1. The van der Waals surface area contributed by atoms with Crippen LogP contribution in [-0.4, -0.2) is 33.7 Å². The molecule has 0 saturated heterocycles. The summed E-state index contributed by atoms with van der Waals surface area (Å²) in [6.07, 6.45) is 7.80. The van der Waals surface area contributed by atoms with Crippen molar-refractivity contribution in [1.82, 2.24) is 4.98 Å². The van der Waals surface area contributed by atoms with E-state index >= 15 is 0 Å². The van der Waals surface area contributed by atoms with Gasteiger partial charge in [0.25, 0.3) is 0 Å². The molecule has 0 aliphatic rings. The molecule has 1 aromatic heterocycles. The van der Waals surface area contributed by atoms with E-state index in [-0.39, 0.29) is 12.4 Å². The van der Waals surface area contributed by atoms with Crippen LogP contribution in [0.1, 0.15) is 15.4 Å². The number of aliphatic carboxylic acids is 2. The number of halogens is 2. The van der Waals surface area contributed by atoms with E-state index in [9.17, 15) is 9.59 Å². The Labute approximate surface area is 162 Å². The molecular weight excluding hydrogens is 434 g/mol. The fraction of sp³-hybridized carbons (Fsp3) is 0.0625. The van der Waals surface area contributed by atoms with Crippen LogP contribution in [0.25, 0.3) is 18.2 Å². The van der Waals surface area contributed by atoms with Gasteiger partial charge in [-0.3, -0.25) is 0 Å². The third kappa shape index (κ3) is 7.08. The Bertz CT molecular complexity index is 819. The van der Waals surface area contributed by atoms with Gasteiger partial charge in [-0.15, -0.1) is 23.7 Å². The normalized spacial score (nSPS) is 10.8. The summed E-state index contributed by atoms with van der Waals surface area (Å²) in [5, 5.41) is 17.9. The number of ether oxygens (including phenoxy) is 1. The van der Waals surface area contributed by atoms with Crippen LogP contribution in [0.4, 0.5) is 0 Å². The minimum atomic E-state index is -1.04. The molecule has 0 aliphatic heterocycles. The van der Waals surface area contributed by atoms with Crippen molar-refractivity contribution in [3.63, 3.8) is 0 Å². The quantitative estimate of drug-likeness (QED) is 0.623. The van der Waals surface area contributed by atoms with E-state index in [1.807, 2.05) is 12.2 Å². The standard InChI is InChI=1S/C16H12BrNO5S.ClH/c17-12-7-10(1-4-13(12)23-9-16(21)22)2-5-14-18-8-11(24-14)3-6-15(19)20;/h1-8H,9H2,(H,19,20)(H,21,22);1H/b5-2+,6-3+;. The molecule has 1 heterocycles. The van der Waals surface area contributed by atoms with Crippen molar-refractivity contribution >= 4 is 69.8 Å². The lowest BCUT2D eigenvalue weighted by molar-refractivity contribution is -0.139. The van der Waals surface area contributed by atoms with E-state index in [4.69, 9.17) is 14.9 Å². The van der Waals surface area contributed by atoms with Gasteiger partial charge in [-0.2, -0.15) is 0 Å². The van der Waals surface area contributed by atoms with Crippen LogP contribution in [0.5, 0.6) is 5.75 Å². The molecule has 2 aromatic rings. The zero-order valence-electron chi connectivity index (χ0n) is 12.6. The Morgan fingerprint density at radius 3 is 2.64 bits per heavy atom. The maximum Gasteiger partial charge on any atom is 0.341 e. The van der Waals surface area contributed by atoms with E-state index in [0.717, 1.165) is 21.5 Å². The molecule has 0 radical (unpaired) electrons. The van der Waals surface area contributed by atoms with Gasteiger partial charge >= 0.3 is 11.9 Å². The predicted octanol–water partition coefficient (Wildman–Crippen LogP) is 4.06. The second-order valence-electron chi connectivity index (χ2n) is 4.48. The zero-order valence-corrected chi connectivity index (χ0v) is 15.8. The first-order valence-electron chi connectivity index (χ1n) is 6.63. The number of hydrogen-bond donors (Lipinski definition) is 2. The Kier molecular flexibility index (Phi) is 8.33. The predicted molar refractivity (Wildman–Crippen MR) is 102 cm³/mol. The molecule has 1 aromatic carbocycles. The van der Waals surface area contributed by atoms with Crippen LogP contribution in [0, 0.1) is 0 Å². The minimum Gasteiger partial charge on any atom is -0.481 e. The fourth-order valence-electron chi connectivity index (χ4n) is 1.65. The topological polar surface area (TPSA) is 96.7 Å². The summed E-state index contributed by atoms with van der Waals surface area (Å²) < 4.78 is 5.78. The first-order valence-corrected chi connectivity index (χ1v) is 8.24. The van der Waals surface area contributed by atoms with E-state index in [2.05, 4.69) is 20.9 Å². The van der Waals surface area contributed by atoms with Crippen LogP contribution < -0.4 is 4.74 Å². The van der Waals surface area contributed by atoms with Crippen molar-refractivity contribution in [2.75, 3.05) is 6.61 Å². The highest BCUT2D eigenvalue weighted by Crippen LogP contribution is 2.27. The minimum absolute atomic E-state index is 0. The van der Waals surface area contributed by atoms with Crippen molar-refractivity contribution in [2.45, 2.75) is 0 Å². The summed E-state index contributed by atoms with van der Waals surface area (Å²) in [5.41, 5.74) is 0.877. The molecule has 25 heavy (non-hydrogen) atoms. The van der Waals surface area contributed by atoms with Crippen molar-refractivity contribution in [1.29, 1.82) is 0 Å². The van der Waals surface area contributed by atoms with E-state index in [1.54, 1.807) is 24.4 Å². The van der Waals surface area contributed by atoms with Gasteiger partial charge in [-0.25, -0.2) is 14.6 Å². The molecule has 2 N–H and O–H groups in total. The van der Waals surface area contributed by atoms with Gasteiger partial charge in [-0.1, -0.05) is 12.1 Å². The molecule has 9 heteroatoms. The van der Waals surface area contributed by atoms with Crippen molar-refractivity contribution in [2.24, 2.45) is 0 Å². The Morgan fingerprint density at radius 1 is 1.24 bits per heavy atom. The first kappa shape index (κ1) is 20.9. The number of hydrogen-bond acceptors (Lipinski definition) is 5. The largest absolute Gasteiger partial charge is 0.481 e. The van der Waals surface area contributed by atoms with Gasteiger partial charge in [0.05, 0.1) is 4.47 Å². The summed E-state index contributed by atoms with van der Waals surface area (Å²) in [6.45, 7) is -0.403. The number of carboxylic acids is 2. The fourth-order valence-corrected chi connectivity index (χ4v) is 2.89. The smallest absolute Gasteiger partial charge is 0.341 e. The number of rotatable bonds is 7. The van der Waals surface area contributed by atoms with E-state index < -0.39 is 18.5 Å². The van der Waals surface area contributed by atoms with Gasteiger partial charge in [0.2, 0.25) is 0 Å². The highest BCUT2D eigenvalue weighted by Gasteiger charge is 2.04. The molecule has 0 aliphatic carbocycles. The average Bonchev–Trinajstić information content (AvgIpc) is 2.98. The van der Waals surface area contributed by atoms with Gasteiger partial charge < -0.3 is 14.9 Å². The average molecular weight is 447 g/mol. The van der Waals surface area contributed by atoms with Crippen molar-refractivity contribution < 1.29 is 24.5 Å². The lowest BCUT2D eigenvalue weighted by Gasteiger charge is -2.06. The lowest BCUT2D eigenvalue weighted by Crippen LogP contribution is -2.09. The Hall–Kier alpha value is -2.16. The SMILES string of the molecule is Cl.O=C(O)/C=C/c1cnc(/C=C/c2ccc(OCC(=O)O)c(Br)c2)s1. The van der Waals surface area contributed by atoms with E-state index in [1.165, 1.54) is 17.4 Å². The highest BCUT2D eigenvalue weighted by molar-refractivity contribution is 9.10. The maximum atomic E-state index is 10.5. The Balaban J connectivity index is 0.00000312. The lowest BCUT2D eigenvalue weighted by atomic mass is 10.2. The summed E-state index contributed by atoms with van der Waals surface area (Å²) >= 11 is 4.70. The molecule has 0 spiro atoms. The van der Waals surface area contributed by atoms with Gasteiger partial charge in [0.1, 0.15) is 10.8 Å². The molecule has 0 unspecified atom stereocenters. The van der Waals surface area contributed by atoms with Gasteiger partial charge in [0.15, 0.2) is 6.61 Å². The molecule has 0 fully saturated rings. The summed E-state index contributed by atoms with van der Waals surface area (Å²) in [4.78, 5) is 25.9. The van der Waals surface area contributed by atoms with Gasteiger partial charge in [-0.05, 0) is 45.8 Å². The third-order valence-electron chi connectivity index (χ3n) is 2.66. The molecule has 6 nitrogen and oxygen atoms in total. The molecular formula is C16H13BrClNO5S. The number of thiazole rings is 1. The molecule has 0 atom stereocenters. The van der Waals surface area contributed by atoms with Crippen LogP contribution >= 0.6 is 39.7 Å². The molecule has 132 valence electrons. The second-order valence-corrected chi connectivity index (χ2v) is 6.43. The van der Waals surface area contributed by atoms with Crippen LogP contribution in [0.2, 0.25) is 0 Å². The maximum absolute atomic E-state index is 10.5. The summed E-state index contributed by atoms with van der Waals surface area (Å²) in [7, 11) is 0. The molecule has 0 saturated carbocycles. The highest BCUT2D eigenvalue weighted by atomic mass is 79.9. The molecule has 0 amide bonds. The second kappa shape index (κ2) is 9.97. The molecule has 0 bridgehead atoms. The van der Waals surface area contributed by atoms with Crippen molar-refractivity contribution in [3.8, 4) is 5.75 Å². The third-order valence-corrected chi connectivity index (χ3v) is 4.20. The van der Waals surface area contributed by atoms with Crippen LogP contribution in [-0.2, 0) is 9.59 Å². The van der Waals surface area contributed by atoms with Crippen LogP contribution in [0.3, 0.4) is 0 Å². The summed E-state index contributed by atoms with van der Waals surface area (Å²) in [6, 6.07) is 5.26. The zero-order chi connectivity index (χ0) is 17.5. The van der Waals surface area contributed by atoms with Gasteiger partial charge in [0, 0.05) is 17.2 Å². The van der Waals surface area contributed by atoms with Crippen molar-refractivity contribution in [3.05, 3.63) is 50.4 Å². The molecule has 2 rings (SSSR count). The summed E-state index contributed by atoms with van der Waals surface area (Å²) in [5.74, 6) is -1.59. The number of carboxylic acid groups (broad SMARTS) is 2.